The van der Waals surface area contributed by atoms with Crippen molar-refractivity contribution in [2.45, 2.75) is 12.8 Å². The smallest absolute Gasteiger partial charge is 0.122 e. The minimum absolute atomic E-state index is 0.377. The van der Waals surface area contributed by atoms with Crippen molar-refractivity contribution >= 4 is 0 Å². The predicted octanol–water partition coefficient (Wildman–Crippen LogP) is 4.05. The highest BCUT2D eigenvalue weighted by Crippen LogP contribution is 2.32. The van der Waals surface area contributed by atoms with Crippen LogP contribution in [0.4, 0.5) is 0 Å². The normalized spacial score (nSPS) is 20.6. The molecule has 1 aromatic rings. The van der Waals surface area contributed by atoms with Crippen LogP contribution in [0.15, 0.2) is 61.1 Å². The highest BCUT2D eigenvalue weighted by molar-refractivity contribution is 5.35. The minimum atomic E-state index is 0.377. The lowest BCUT2D eigenvalue weighted by molar-refractivity contribution is 0.179. The molecule has 2 atom stereocenters. The Morgan fingerprint density at radius 2 is 1.95 bits per heavy atom. The summed E-state index contributed by atoms with van der Waals surface area (Å²) in [5, 5.41) is 0. The second kappa shape index (κ2) is 7.58. The Hall–Kier alpha value is -2.16. The van der Waals surface area contributed by atoms with E-state index in [2.05, 4.69) is 37.8 Å². The molecule has 0 saturated carbocycles. The number of benzene rings is 1. The lowest BCUT2D eigenvalue weighted by Gasteiger charge is -2.23. The Kier molecular flexibility index (Phi) is 5.50. The van der Waals surface area contributed by atoms with E-state index < -0.39 is 0 Å². The summed E-state index contributed by atoms with van der Waals surface area (Å²) in [6.07, 6.45) is 7.80. The largest absolute Gasteiger partial charge is 0.498 e. The maximum Gasteiger partial charge on any atom is 0.122 e. The Labute approximate surface area is 126 Å². The minimum Gasteiger partial charge on any atom is -0.498 e. The molecule has 0 spiro atoms. The molecule has 0 aliphatic heterocycles. The third-order valence-electron chi connectivity index (χ3n) is 3.55. The molecule has 0 heterocycles. The summed E-state index contributed by atoms with van der Waals surface area (Å²) in [4.78, 5) is 0. The van der Waals surface area contributed by atoms with Crippen molar-refractivity contribution in [1.29, 1.82) is 0 Å². The van der Waals surface area contributed by atoms with Gasteiger partial charge in [-0.1, -0.05) is 31.7 Å². The van der Waals surface area contributed by atoms with Crippen LogP contribution in [0.5, 0.6) is 5.75 Å². The number of ether oxygens (including phenoxy) is 3. The van der Waals surface area contributed by atoms with Gasteiger partial charge in [-0.2, -0.15) is 0 Å². The van der Waals surface area contributed by atoms with Gasteiger partial charge in [-0.05, 0) is 35.8 Å². The summed E-state index contributed by atoms with van der Waals surface area (Å²) < 4.78 is 15.9. The number of hydrogen-bond acceptors (Lipinski definition) is 3. The van der Waals surface area contributed by atoms with Crippen LogP contribution in [-0.2, 0) is 9.47 Å². The van der Waals surface area contributed by atoms with Gasteiger partial charge in [0.25, 0.3) is 0 Å². The quantitative estimate of drug-likeness (QED) is 0.559. The number of rotatable bonds is 7. The van der Waals surface area contributed by atoms with Crippen molar-refractivity contribution in [3.63, 3.8) is 0 Å². The molecule has 0 bridgehead atoms. The van der Waals surface area contributed by atoms with Gasteiger partial charge in [0.2, 0.25) is 0 Å². The van der Waals surface area contributed by atoms with E-state index >= 15 is 0 Å². The molecule has 0 aromatic heterocycles. The first-order chi connectivity index (χ1) is 10.2. The van der Waals surface area contributed by atoms with Gasteiger partial charge < -0.3 is 14.2 Å². The van der Waals surface area contributed by atoms with Crippen LogP contribution in [-0.4, -0.2) is 20.3 Å². The van der Waals surface area contributed by atoms with Crippen molar-refractivity contribution in [2.75, 3.05) is 20.3 Å². The van der Waals surface area contributed by atoms with Gasteiger partial charge in [-0.25, -0.2) is 0 Å². The third-order valence-corrected chi connectivity index (χ3v) is 3.55. The summed E-state index contributed by atoms with van der Waals surface area (Å²) in [6.45, 7) is 6.72. The van der Waals surface area contributed by atoms with E-state index in [1.165, 1.54) is 11.8 Å². The Bertz CT molecular complexity index is 514. The fraction of sp³-hybridized carbons (Fsp3) is 0.333. The molecule has 0 saturated heterocycles. The van der Waals surface area contributed by atoms with Crippen LogP contribution < -0.4 is 4.74 Å². The zero-order valence-electron chi connectivity index (χ0n) is 12.6. The molecule has 0 radical (unpaired) electrons. The maximum atomic E-state index is 5.59. The lowest BCUT2D eigenvalue weighted by Crippen LogP contribution is -2.10. The first-order valence-corrected chi connectivity index (χ1v) is 7.14. The van der Waals surface area contributed by atoms with Gasteiger partial charge in [0, 0.05) is 5.92 Å². The van der Waals surface area contributed by atoms with Crippen molar-refractivity contribution in [3.8, 4) is 5.75 Å². The number of hydrogen-bond donors (Lipinski definition) is 0. The van der Waals surface area contributed by atoms with Gasteiger partial charge >= 0.3 is 0 Å². The van der Waals surface area contributed by atoms with Crippen LogP contribution in [0.25, 0.3) is 0 Å². The average molecular weight is 286 g/mol. The molecule has 0 N–H and O–H groups in total. The monoisotopic (exact) mass is 286 g/mol. The second-order valence-electron chi connectivity index (χ2n) is 4.97. The zero-order chi connectivity index (χ0) is 15.1. The van der Waals surface area contributed by atoms with E-state index in [0.29, 0.717) is 25.0 Å². The molecule has 1 aliphatic rings. The number of methoxy groups -OCH3 is 1. The third kappa shape index (κ3) is 4.15. The van der Waals surface area contributed by atoms with Gasteiger partial charge in [0.05, 0.1) is 13.4 Å². The molecular formula is C18H22O3. The summed E-state index contributed by atoms with van der Waals surface area (Å²) >= 11 is 0. The maximum absolute atomic E-state index is 5.59. The van der Waals surface area contributed by atoms with Crippen LogP contribution in [0.3, 0.4) is 0 Å². The summed E-state index contributed by atoms with van der Waals surface area (Å²) in [7, 11) is 1.70. The highest BCUT2D eigenvalue weighted by Gasteiger charge is 2.19. The summed E-state index contributed by atoms with van der Waals surface area (Å²) in [5.41, 5.74) is 1.28. The first-order valence-electron chi connectivity index (χ1n) is 7.14. The molecule has 3 heteroatoms. The Balaban J connectivity index is 1.95. The van der Waals surface area contributed by atoms with Crippen LogP contribution in [0.2, 0.25) is 0 Å². The molecule has 2 rings (SSSR count). The van der Waals surface area contributed by atoms with Crippen molar-refractivity contribution in [3.05, 3.63) is 66.7 Å². The summed E-state index contributed by atoms with van der Waals surface area (Å²) in [5.74, 6) is 2.58. The van der Waals surface area contributed by atoms with Gasteiger partial charge in [0.1, 0.15) is 24.7 Å². The zero-order valence-corrected chi connectivity index (χ0v) is 12.6. The molecule has 1 aliphatic carbocycles. The van der Waals surface area contributed by atoms with Gasteiger partial charge in [0.15, 0.2) is 0 Å². The molecule has 1 aromatic carbocycles. The fourth-order valence-corrected chi connectivity index (χ4v) is 2.42. The van der Waals surface area contributed by atoms with Crippen LogP contribution in [0.1, 0.15) is 18.4 Å². The van der Waals surface area contributed by atoms with Gasteiger partial charge in [-0.15, -0.1) is 0 Å². The van der Waals surface area contributed by atoms with Crippen molar-refractivity contribution < 1.29 is 14.2 Å². The van der Waals surface area contributed by atoms with E-state index in [-0.39, 0.29) is 0 Å². The van der Waals surface area contributed by atoms with Crippen LogP contribution in [0, 0.1) is 5.92 Å². The topological polar surface area (TPSA) is 27.7 Å². The highest BCUT2D eigenvalue weighted by atomic mass is 16.5. The molecular weight excluding hydrogens is 264 g/mol. The SMILES string of the molecule is C=COCCOc1ccc(C2C=CC(OC)=CC2C)cc1. The standard InChI is InChI=1S/C18H22O3/c1-4-20-11-12-21-16-7-5-15(6-8-16)18-10-9-17(19-3)13-14(18)2/h4-10,13-14,18H,1,11-12H2,2-3H3. The molecule has 0 amide bonds. The second-order valence-corrected chi connectivity index (χ2v) is 4.97. The van der Waals surface area contributed by atoms with Crippen LogP contribution >= 0.6 is 0 Å². The van der Waals surface area contributed by atoms with E-state index in [0.717, 1.165) is 11.5 Å². The van der Waals surface area contributed by atoms with Gasteiger partial charge in [-0.3, -0.25) is 0 Å². The van der Waals surface area contributed by atoms with Crippen molar-refractivity contribution in [2.24, 2.45) is 5.92 Å². The molecule has 0 fully saturated rings. The number of allylic oxidation sites excluding steroid dienone is 3. The van der Waals surface area contributed by atoms with E-state index in [1.807, 2.05) is 18.2 Å². The molecule has 3 nitrogen and oxygen atoms in total. The summed E-state index contributed by atoms with van der Waals surface area (Å²) in [6, 6.07) is 8.22. The molecule has 2 unspecified atom stereocenters. The van der Waals surface area contributed by atoms with Crippen molar-refractivity contribution in [1.82, 2.24) is 0 Å². The molecule has 112 valence electrons. The lowest BCUT2D eigenvalue weighted by atomic mass is 9.84. The average Bonchev–Trinajstić information content (AvgIpc) is 2.52. The van der Waals surface area contributed by atoms with E-state index in [9.17, 15) is 0 Å². The predicted molar refractivity (Wildman–Crippen MR) is 84.2 cm³/mol. The first kappa shape index (κ1) is 15.2. The Morgan fingerprint density at radius 3 is 2.57 bits per heavy atom. The molecule has 21 heavy (non-hydrogen) atoms. The Morgan fingerprint density at radius 1 is 1.19 bits per heavy atom. The van der Waals surface area contributed by atoms with E-state index in [4.69, 9.17) is 14.2 Å². The van der Waals surface area contributed by atoms with E-state index in [1.54, 1.807) is 7.11 Å². The fourth-order valence-electron chi connectivity index (χ4n) is 2.42.